The molecule has 1 nitrogen and oxygen atoms in total. The molecule has 5 atom stereocenters. The maximum atomic E-state index is 4.29. The molecule has 1 aliphatic carbocycles. The molecule has 5 unspecified atom stereocenters. The second kappa shape index (κ2) is 4.27. The molecular formula is C14H25N. The van der Waals surface area contributed by atoms with Crippen LogP contribution >= 0.6 is 0 Å². The van der Waals surface area contributed by atoms with Crippen molar-refractivity contribution in [3.05, 3.63) is 0 Å². The Labute approximate surface area is 94.4 Å². The second-order valence-corrected chi connectivity index (χ2v) is 5.85. The summed E-state index contributed by atoms with van der Waals surface area (Å²) < 4.78 is 0. The van der Waals surface area contributed by atoms with Gasteiger partial charge in [0.1, 0.15) is 0 Å². The van der Waals surface area contributed by atoms with Gasteiger partial charge in [-0.25, -0.2) is 0 Å². The zero-order chi connectivity index (χ0) is 11.0. The first kappa shape index (κ1) is 11.2. The molecule has 2 rings (SSSR count). The van der Waals surface area contributed by atoms with Gasteiger partial charge in [-0.3, -0.25) is 4.99 Å². The maximum absolute atomic E-state index is 4.29. The number of rotatable bonds is 5. The van der Waals surface area contributed by atoms with Crippen molar-refractivity contribution in [1.29, 1.82) is 0 Å². The van der Waals surface area contributed by atoms with Crippen LogP contribution in [0.5, 0.6) is 0 Å². The number of aliphatic imine (C=N–C) groups is 1. The first-order valence-corrected chi connectivity index (χ1v) is 6.65. The van der Waals surface area contributed by atoms with Crippen molar-refractivity contribution in [2.45, 2.75) is 47.0 Å². The molecule has 0 aromatic carbocycles. The third kappa shape index (κ3) is 2.26. The lowest BCUT2D eigenvalue weighted by Gasteiger charge is -2.47. The second-order valence-electron chi connectivity index (χ2n) is 5.85. The number of hydrogen-bond donors (Lipinski definition) is 0. The molecule has 0 saturated heterocycles. The highest BCUT2D eigenvalue weighted by molar-refractivity contribution is 5.96. The Hall–Kier alpha value is -0.330. The minimum absolute atomic E-state index is 0.844. The largest absolute Gasteiger partial charge is 0.286 e. The van der Waals surface area contributed by atoms with Crippen LogP contribution < -0.4 is 0 Å². The Balaban J connectivity index is 1.80. The third-order valence-electron chi connectivity index (χ3n) is 5.03. The van der Waals surface area contributed by atoms with E-state index in [0.29, 0.717) is 0 Å². The van der Waals surface area contributed by atoms with E-state index in [-0.39, 0.29) is 0 Å². The van der Waals surface area contributed by atoms with Crippen molar-refractivity contribution in [2.24, 2.45) is 34.6 Å². The van der Waals surface area contributed by atoms with Gasteiger partial charge in [0, 0.05) is 5.71 Å². The first-order valence-electron chi connectivity index (χ1n) is 6.65. The minimum Gasteiger partial charge on any atom is -0.286 e. The summed E-state index contributed by atoms with van der Waals surface area (Å²) in [4.78, 5) is 4.29. The van der Waals surface area contributed by atoms with E-state index in [1.807, 2.05) is 0 Å². The SMILES string of the molecule is CCC1CC(C(C)C(C)CC2=NC2)C1C. The van der Waals surface area contributed by atoms with E-state index in [1.165, 1.54) is 25.0 Å². The summed E-state index contributed by atoms with van der Waals surface area (Å²) in [7, 11) is 0. The van der Waals surface area contributed by atoms with E-state index in [4.69, 9.17) is 0 Å². The Bertz CT molecular complexity index is 256. The van der Waals surface area contributed by atoms with Gasteiger partial charge in [-0.2, -0.15) is 0 Å². The predicted octanol–water partition coefficient (Wildman–Crippen LogP) is 3.79. The van der Waals surface area contributed by atoms with Crippen LogP contribution in [-0.4, -0.2) is 12.3 Å². The first-order chi connectivity index (χ1) is 7.13. The summed E-state index contributed by atoms with van der Waals surface area (Å²) in [6.45, 7) is 10.7. The third-order valence-corrected chi connectivity index (χ3v) is 5.03. The van der Waals surface area contributed by atoms with Crippen LogP contribution in [0.4, 0.5) is 0 Å². The van der Waals surface area contributed by atoms with E-state index < -0.39 is 0 Å². The fourth-order valence-corrected chi connectivity index (χ4v) is 3.33. The molecule has 15 heavy (non-hydrogen) atoms. The predicted molar refractivity (Wildman–Crippen MR) is 66.3 cm³/mol. The van der Waals surface area contributed by atoms with Crippen molar-refractivity contribution in [3.8, 4) is 0 Å². The Morgan fingerprint density at radius 2 is 2.07 bits per heavy atom. The van der Waals surface area contributed by atoms with Crippen LogP contribution in [0.1, 0.15) is 47.0 Å². The van der Waals surface area contributed by atoms with Gasteiger partial charge in [0.05, 0.1) is 6.54 Å². The van der Waals surface area contributed by atoms with E-state index in [9.17, 15) is 0 Å². The molecule has 0 aromatic rings. The number of nitrogens with zero attached hydrogens (tertiary/aromatic N) is 1. The van der Waals surface area contributed by atoms with Crippen LogP contribution in [0, 0.1) is 29.6 Å². The normalized spacial score (nSPS) is 37.9. The van der Waals surface area contributed by atoms with Gasteiger partial charge in [-0.1, -0.05) is 34.1 Å². The van der Waals surface area contributed by atoms with Gasteiger partial charge in [-0.15, -0.1) is 0 Å². The minimum atomic E-state index is 0.844. The molecular weight excluding hydrogens is 182 g/mol. The summed E-state index contributed by atoms with van der Waals surface area (Å²) >= 11 is 0. The smallest absolute Gasteiger partial charge is 0.0768 e. The molecule has 86 valence electrons. The van der Waals surface area contributed by atoms with Crippen molar-refractivity contribution >= 4 is 5.71 Å². The van der Waals surface area contributed by atoms with E-state index in [0.717, 1.165) is 36.1 Å². The molecule has 1 saturated carbocycles. The van der Waals surface area contributed by atoms with E-state index >= 15 is 0 Å². The van der Waals surface area contributed by atoms with Gasteiger partial charge in [0.15, 0.2) is 0 Å². The van der Waals surface area contributed by atoms with Gasteiger partial charge >= 0.3 is 0 Å². The van der Waals surface area contributed by atoms with Crippen molar-refractivity contribution in [2.75, 3.05) is 6.54 Å². The monoisotopic (exact) mass is 207 g/mol. The van der Waals surface area contributed by atoms with Crippen LogP contribution in [0.25, 0.3) is 0 Å². The molecule has 0 aromatic heterocycles. The van der Waals surface area contributed by atoms with E-state index in [2.05, 4.69) is 32.7 Å². The highest BCUT2D eigenvalue weighted by Gasteiger charge is 2.40. The Morgan fingerprint density at radius 3 is 2.53 bits per heavy atom. The van der Waals surface area contributed by atoms with Crippen LogP contribution in [0.2, 0.25) is 0 Å². The lowest BCUT2D eigenvalue weighted by Crippen LogP contribution is -2.40. The Morgan fingerprint density at radius 1 is 1.40 bits per heavy atom. The summed E-state index contributed by atoms with van der Waals surface area (Å²) in [5, 5.41) is 0. The molecule has 1 heteroatoms. The molecule has 0 spiro atoms. The average Bonchev–Trinajstić information content (AvgIpc) is 2.99. The molecule has 1 heterocycles. The van der Waals surface area contributed by atoms with Crippen molar-refractivity contribution < 1.29 is 0 Å². The summed E-state index contributed by atoms with van der Waals surface area (Å²) in [5.74, 6) is 4.71. The highest BCUT2D eigenvalue weighted by atomic mass is 14.9. The zero-order valence-electron chi connectivity index (χ0n) is 10.7. The number of hydrogen-bond acceptors (Lipinski definition) is 1. The Kier molecular flexibility index (Phi) is 3.18. The van der Waals surface area contributed by atoms with Gasteiger partial charge in [0.25, 0.3) is 0 Å². The molecule has 1 aliphatic heterocycles. The van der Waals surface area contributed by atoms with Gasteiger partial charge in [-0.05, 0) is 42.4 Å². The van der Waals surface area contributed by atoms with E-state index in [1.54, 1.807) is 0 Å². The topological polar surface area (TPSA) is 12.4 Å². The fraction of sp³-hybridized carbons (Fsp3) is 0.929. The lowest BCUT2D eigenvalue weighted by atomic mass is 9.58. The molecule has 1 fully saturated rings. The summed E-state index contributed by atoms with van der Waals surface area (Å²) in [5.41, 5.74) is 1.47. The molecule has 0 bridgehead atoms. The van der Waals surface area contributed by atoms with Crippen LogP contribution in [-0.2, 0) is 0 Å². The maximum Gasteiger partial charge on any atom is 0.0768 e. The molecule has 0 radical (unpaired) electrons. The highest BCUT2D eigenvalue weighted by Crippen LogP contribution is 2.48. The lowest BCUT2D eigenvalue weighted by molar-refractivity contribution is 0.0213. The quantitative estimate of drug-likeness (QED) is 0.650. The summed E-state index contributed by atoms with van der Waals surface area (Å²) in [6, 6.07) is 0. The van der Waals surface area contributed by atoms with Crippen LogP contribution in [0.15, 0.2) is 4.99 Å². The van der Waals surface area contributed by atoms with Crippen LogP contribution in [0.3, 0.4) is 0 Å². The zero-order valence-corrected chi connectivity index (χ0v) is 10.7. The molecule has 2 aliphatic rings. The summed E-state index contributed by atoms with van der Waals surface area (Å²) in [6.07, 6.45) is 4.13. The molecule has 0 amide bonds. The van der Waals surface area contributed by atoms with Crippen molar-refractivity contribution in [3.63, 3.8) is 0 Å². The standard InChI is InChI=1S/C14H25N/c1-5-12-7-14(11(12)4)10(3)9(2)6-13-8-15-13/h9-12,14H,5-8H2,1-4H3. The molecule has 0 N–H and O–H groups in total. The van der Waals surface area contributed by atoms with Gasteiger partial charge in [0.2, 0.25) is 0 Å². The fourth-order valence-electron chi connectivity index (χ4n) is 3.33. The van der Waals surface area contributed by atoms with Gasteiger partial charge < -0.3 is 0 Å². The van der Waals surface area contributed by atoms with Crippen molar-refractivity contribution in [1.82, 2.24) is 0 Å². The average molecular weight is 207 g/mol.